The number of fused-ring (bicyclic) bond motifs is 1. The highest BCUT2D eigenvalue weighted by atomic mass is 32.1. The standard InChI is InChI=1S/C26H27FN4O5S/c1-17(37)28-14-20-15-31(26(33)36-20)19-4-5-22(21(27)13-19)29-8-10-30(11-9-29)25(32)7-3-18-2-6-23-24(12-18)35-16-34-23/h2-7,12-13,20H,8-11,14-16H2,1H3,(H,28,37)/b7-3+/t20-/m0/s1. The summed E-state index contributed by atoms with van der Waals surface area (Å²) in [6.07, 6.45) is 2.41. The van der Waals surface area contributed by atoms with Crippen LogP contribution in [-0.4, -0.2) is 74.1 Å². The fraction of sp³-hybridized carbons (Fsp3) is 0.346. The first-order valence-corrected chi connectivity index (χ1v) is 12.4. The molecule has 2 amide bonds. The molecular formula is C26H27FN4O5S. The summed E-state index contributed by atoms with van der Waals surface area (Å²) < 4.78 is 31.1. The van der Waals surface area contributed by atoms with Crippen LogP contribution >= 0.6 is 12.2 Å². The summed E-state index contributed by atoms with van der Waals surface area (Å²) in [5.74, 6) is 0.826. The number of thiocarbonyl (C=S) groups is 1. The molecule has 9 nitrogen and oxygen atoms in total. The first kappa shape index (κ1) is 24.8. The third-order valence-electron chi connectivity index (χ3n) is 6.44. The number of carbonyl (C=O) groups excluding carboxylic acids is 2. The van der Waals surface area contributed by atoms with Crippen molar-refractivity contribution in [1.82, 2.24) is 10.2 Å². The number of carbonyl (C=O) groups is 2. The SMILES string of the molecule is CC(=S)NC[C@H]1CN(c2ccc(N3CCN(C(=O)/C=C/c4ccc5c(c4)OCO5)CC3)c(F)c2)C(=O)O1. The van der Waals surface area contributed by atoms with Gasteiger partial charge in [0, 0.05) is 32.3 Å². The number of nitrogens with one attached hydrogen (secondary N) is 1. The molecule has 0 aromatic heterocycles. The Hall–Kier alpha value is -3.86. The van der Waals surface area contributed by atoms with Gasteiger partial charge in [-0.2, -0.15) is 0 Å². The molecule has 0 aliphatic carbocycles. The highest BCUT2D eigenvalue weighted by Gasteiger charge is 2.33. The summed E-state index contributed by atoms with van der Waals surface area (Å²) in [7, 11) is 0. The maximum Gasteiger partial charge on any atom is 0.414 e. The number of piperazine rings is 1. The molecule has 194 valence electrons. The molecule has 3 aliphatic heterocycles. The molecule has 37 heavy (non-hydrogen) atoms. The number of amides is 2. The summed E-state index contributed by atoms with van der Waals surface area (Å²) >= 11 is 4.99. The molecule has 5 rings (SSSR count). The Morgan fingerprint density at radius 1 is 1.14 bits per heavy atom. The second-order valence-corrected chi connectivity index (χ2v) is 9.56. The molecule has 2 fully saturated rings. The van der Waals surface area contributed by atoms with E-state index in [1.54, 1.807) is 30.0 Å². The average molecular weight is 527 g/mol. The molecule has 2 aromatic rings. The third kappa shape index (κ3) is 5.61. The normalized spacial score (nSPS) is 18.9. The Labute approximate surface area is 219 Å². The van der Waals surface area contributed by atoms with Crippen LogP contribution in [0.4, 0.5) is 20.6 Å². The predicted molar refractivity (Wildman–Crippen MR) is 141 cm³/mol. The fourth-order valence-electron chi connectivity index (χ4n) is 4.47. The van der Waals surface area contributed by atoms with Crippen molar-refractivity contribution >= 4 is 46.7 Å². The van der Waals surface area contributed by atoms with Gasteiger partial charge in [0.05, 0.1) is 29.5 Å². The van der Waals surface area contributed by atoms with E-state index in [1.165, 1.54) is 17.0 Å². The molecule has 0 radical (unpaired) electrons. The molecule has 1 N–H and O–H groups in total. The highest BCUT2D eigenvalue weighted by molar-refractivity contribution is 7.80. The maximum absolute atomic E-state index is 15.1. The molecule has 0 saturated carbocycles. The van der Waals surface area contributed by atoms with Crippen molar-refractivity contribution in [2.75, 3.05) is 55.9 Å². The predicted octanol–water partition coefficient (Wildman–Crippen LogP) is 3.18. The van der Waals surface area contributed by atoms with E-state index in [0.717, 1.165) is 5.56 Å². The van der Waals surface area contributed by atoms with Crippen LogP contribution in [0.3, 0.4) is 0 Å². The zero-order chi connectivity index (χ0) is 25.9. The summed E-state index contributed by atoms with van der Waals surface area (Å²) in [6.45, 7) is 4.61. The van der Waals surface area contributed by atoms with Crippen LogP contribution in [0.15, 0.2) is 42.5 Å². The van der Waals surface area contributed by atoms with Gasteiger partial charge >= 0.3 is 6.09 Å². The molecule has 11 heteroatoms. The largest absolute Gasteiger partial charge is 0.454 e. The summed E-state index contributed by atoms with van der Waals surface area (Å²) in [5, 5.41) is 2.99. The van der Waals surface area contributed by atoms with Gasteiger partial charge in [-0.1, -0.05) is 18.3 Å². The molecule has 3 aliphatic rings. The number of ether oxygens (including phenoxy) is 3. The average Bonchev–Trinajstić information content (AvgIpc) is 3.52. The molecule has 0 unspecified atom stereocenters. The minimum absolute atomic E-state index is 0.103. The lowest BCUT2D eigenvalue weighted by Crippen LogP contribution is -2.48. The molecule has 2 saturated heterocycles. The first-order valence-electron chi connectivity index (χ1n) is 12.0. The van der Waals surface area contributed by atoms with Crippen molar-refractivity contribution in [2.45, 2.75) is 13.0 Å². The lowest BCUT2D eigenvalue weighted by molar-refractivity contribution is -0.126. The molecule has 2 aromatic carbocycles. The van der Waals surface area contributed by atoms with Crippen LogP contribution in [0.1, 0.15) is 12.5 Å². The highest BCUT2D eigenvalue weighted by Crippen LogP contribution is 2.33. The Morgan fingerprint density at radius 3 is 2.68 bits per heavy atom. The Balaban J connectivity index is 1.15. The van der Waals surface area contributed by atoms with Gasteiger partial charge in [0.1, 0.15) is 11.9 Å². The number of benzene rings is 2. The van der Waals surface area contributed by atoms with E-state index >= 15 is 4.39 Å². The van der Waals surface area contributed by atoms with Gasteiger partial charge in [0.15, 0.2) is 11.5 Å². The number of nitrogens with zero attached hydrogens (tertiary/aromatic N) is 3. The van der Waals surface area contributed by atoms with Gasteiger partial charge in [0.25, 0.3) is 0 Å². The molecule has 0 bridgehead atoms. The van der Waals surface area contributed by atoms with Crippen molar-refractivity contribution < 1.29 is 28.2 Å². The van der Waals surface area contributed by atoms with E-state index in [0.29, 0.717) is 67.1 Å². The first-order chi connectivity index (χ1) is 17.9. The number of hydrogen-bond acceptors (Lipinski definition) is 7. The van der Waals surface area contributed by atoms with E-state index in [9.17, 15) is 9.59 Å². The number of hydrogen-bond donors (Lipinski definition) is 1. The Morgan fingerprint density at radius 2 is 1.92 bits per heavy atom. The summed E-state index contributed by atoms with van der Waals surface area (Å²) in [5.41, 5.74) is 1.72. The van der Waals surface area contributed by atoms with E-state index in [1.807, 2.05) is 23.1 Å². The topological polar surface area (TPSA) is 83.6 Å². The second-order valence-electron chi connectivity index (χ2n) is 8.95. The number of rotatable bonds is 6. The summed E-state index contributed by atoms with van der Waals surface area (Å²) in [6, 6.07) is 10.2. The number of halogens is 1. The smallest absolute Gasteiger partial charge is 0.414 e. The summed E-state index contributed by atoms with van der Waals surface area (Å²) in [4.78, 5) is 30.6. The quantitative estimate of drug-likeness (QED) is 0.454. The minimum Gasteiger partial charge on any atom is -0.454 e. The maximum atomic E-state index is 15.1. The van der Waals surface area contributed by atoms with Crippen LogP contribution in [0.5, 0.6) is 11.5 Å². The van der Waals surface area contributed by atoms with Gasteiger partial charge in [-0.05, 0) is 48.9 Å². The monoisotopic (exact) mass is 526 g/mol. The Bertz CT molecular complexity index is 1250. The van der Waals surface area contributed by atoms with Gasteiger partial charge < -0.3 is 29.3 Å². The fourth-order valence-corrected chi connectivity index (χ4v) is 4.56. The second kappa shape index (κ2) is 10.6. The van der Waals surface area contributed by atoms with Crippen LogP contribution in [-0.2, 0) is 9.53 Å². The lowest BCUT2D eigenvalue weighted by atomic mass is 10.1. The van der Waals surface area contributed by atoms with Gasteiger partial charge in [-0.15, -0.1) is 0 Å². The minimum atomic E-state index is -0.512. The van der Waals surface area contributed by atoms with Crippen molar-refractivity contribution in [1.29, 1.82) is 0 Å². The van der Waals surface area contributed by atoms with E-state index in [2.05, 4.69) is 5.32 Å². The van der Waals surface area contributed by atoms with Crippen molar-refractivity contribution in [3.05, 3.63) is 53.9 Å². The van der Waals surface area contributed by atoms with Gasteiger partial charge in [-0.25, -0.2) is 9.18 Å². The van der Waals surface area contributed by atoms with Crippen molar-refractivity contribution in [2.24, 2.45) is 0 Å². The third-order valence-corrected chi connectivity index (χ3v) is 6.59. The molecule has 3 heterocycles. The number of cyclic esters (lactones) is 1. The van der Waals surface area contributed by atoms with Crippen LogP contribution in [0.25, 0.3) is 6.08 Å². The van der Waals surface area contributed by atoms with Crippen LogP contribution in [0.2, 0.25) is 0 Å². The molecule has 0 spiro atoms. The molecular weight excluding hydrogens is 499 g/mol. The van der Waals surface area contributed by atoms with Gasteiger partial charge in [0.2, 0.25) is 12.7 Å². The van der Waals surface area contributed by atoms with Crippen molar-refractivity contribution in [3.63, 3.8) is 0 Å². The van der Waals surface area contributed by atoms with E-state index in [4.69, 9.17) is 26.4 Å². The zero-order valence-electron chi connectivity index (χ0n) is 20.3. The Kier molecular flexibility index (Phi) is 7.13. The zero-order valence-corrected chi connectivity index (χ0v) is 21.1. The van der Waals surface area contributed by atoms with E-state index < -0.39 is 11.9 Å². The lowest BCUT2D eigenvalue weighted by Gasteiger charge is -2.36. The van der Waals surface area contributed by atoms with E-state index in [-0.39, 0.29) is 18.8 Å². The van der Waals surface area contributed by atoms with Gasteiger partial charge in [-0.3, -0.25) is 9.69 Å². The van der Waals surface area contributed by atoms with Crippen LogP contribution < -0.4 is 24.6 Å². The van der Waals surface area contributed by atoms with Crippen LogP contribution in [0, 0.1) is 5.82 Å². The molecule has 1 atom stereocenters. The van der Waals surface area contributed by atoms with Crippen molar-refractivity contribution in [3.8, 4) is 11.5 Å². The number of anilines is 2.